The van der Waals surface area contributed by atoms with Gasteiger partial charge in [0.2, 0.25) is 0 Å². The molecule has 0 aliphatic carbocycles. The molecule has 2 unspecified atom stereocenters. The van der Waals surface area contributed by atoms with Crippen LogP contribution in [0.1, 0.15) is 26.2 Å². The van der Waals surface area contributed by atoms with Crippen LogP contribution in [0.25, 0.3) is 0 Å². The topological polar surface area (TPSA) is 32.8 Å². The Kier molecular flexibility index (Phi) is 3.82. The van der Waals surface area contributed by atoms with Crippen LogP contribution < -0.4 is 0 Å². The minimum atomic E-state index is -0.0699. The van der Waals surface area contributed by atoms with E-state index >= 15 is 0 Å². The number of methoxy groups -OCH3 is 1. The number of carbonyl (C=O) groups excluding carboxylic acids is 1. The molecule has 2 saturated heterocycles. The molecular weight excluding hydrogens is 204 g/mol. The number of carbonyl (C=O) groups is 1. The van der Waals surface area contributed by atoms with Gasteiger partial charge in [-0.3, -0.25) is 9.69 Å². The second-order valence-electron chi connectivity index (χ2n) is 4.92. The fraction of sp³-hybridized carbons (Fsp3) is 0.917. The summed E-state index contributed by atoms with van der Waals surface area (Å²) in [6.45, 7) is 6.79. The summed E-state index contributed by atoms with van der Waals surface area (Å²) in [4.78, 5) is 16.2. The standard InChI is InChI=1S/C12H22N2O2/c1-10(9-13-6-3-4-7-13)14-8-5-11(14)12(15)16-2/h10-11H,3-9H2,1-2H3. The molecule has 2 rings (SSSR count). The first-order valence-electron chi connectivity index (χ1n) is 6.28. The van der Waals surface area contributed by atoms with Crippen LogP contribution in [0.2, 0.25) is 0 Å². The first-order valence-corrected chi connectivity index (χ1v) is 6.28. The SMILES string of the molecule is COC(=O)C1CCN1C(C)CN1CCCC1. The Morgan fingerprint density at radius 2 is 2.06 bits per heavy atom. The molecule has 0 aromatic rings. The number of likely N-dealkylation sites (tertiary alicyclic amines) is 2. The van der Waals surface area contributed by atoms with Crippen LogP contribution in [0.3, 0.4) is 0 Å². The quantitative estimate of drug-likeness (QED) is 0.661. The normalized spacial score (nSPS) is 28.8. The summed E-state index contributed by atoms with van der Waals surface area (Å²) >= 11 is 0. The Hall–Kier alpha value is -0.610. The van der Waals surface area contributed by atoms with Gasteiger partial charge >= 0.3 is 5.97 Å². The Bertz CT molecular complexity index is 251. The van der Waals surface area contributed by atoms with Crippen molar-refractivity contribution in [3.63, 3.8) is 0 Å². The van der Waals surface area contributed by atoms with Crippen molar-refractivity contribution in [3.05, 3.63) is 0 Å². The number of hydrogen-bond acceptors (Lipinski definition) is 4. The van der Waals surface area contributed by atoms with Crippen molar-refractivity contribution in [2.75, 3.05) is 33.3 Å². The van der Waals surface area contributed by atoms with Crippen molar-refractivity contribution in [2.24, 2.45) is 0 Å². The Balaban J connectivity index is 1.80. The van der Waals surface area contributed by atoms with E-state index in [0.717, 1.165) is 19.5 Å². The Labute approximate surface area is 97.5 Å². The molecule has 0 amide bonds. The van der Waals surface area contributed by atoms with Crippen molar-refractivity contribution < 1.29 is 9.53 Å². The van der Waals surface area contributed by atoms with Crippen LogP contribution in [0.4, 0.5) is 0 Å². The summed E-state index contributed by atoms with van der Waals surface area (Å²) in [5.74, 6) is -0.0699. The molecule has 16 heavy (non-hydrogen) atoms. The van der Waals surface area contributed by atoms with Gasteiger partial charge in [-0.2, -0.15) is 0 Å². The summed E-state index contributed by atoms with van der Waals surface area (Å²) in [6.07, 6.45) is 3.61. The molecule has 92 valence electrons. The van der Waals surface area contributed by atoms with Gasteiger partial charge in [0.15, 0.2) is 0 Å². The molecule has 0 aromatic heterocycles. The van der Waals surface area contributed by atoms with E-state index in [2.05, 4.69) is 16.7 Å². The van der Waals surface area contributed by atoms with E-state index in [1.807, 2.05) is 0 Å². The Morgan fingerprint density at radius 1 is 1.38 bits per heavy atom. The van der Waals surface area contributed by atoms with Gasteiger partial charge in [-0.05, 0) is 39.3 Å². The van der Waals surface area contributed by atoms with Crippen molar-refractivity contribution in [3.8, 4) is 0 Å². The highest BCUT2D eigenvalue weighted by Gasteiger charge is 2.38. The molecule has 0 bridgehead atoms. The summed E-state index contributed by atoms with van der Waals surface area (Å²) in [7, 11) is 1.48. The molecule has 0 saturated carbocycles. The molecule has 4 nitrogen and oxygen atoms in total. The van der Waals surface area contributed by atoms with Crippen LogP contribution in [-0.2, 0) is 9.53 Å². The van der Waals surface area contributed by atoms with Gasteiger partial charge in [0.05, 0.1) is 7.11 Å². The van der Waals surface area contributed by atoms with Crippen molar-refractivity contribution in [1.29, 1.82) is 0 Å². The largest absolute Gasteiger partial charge is 0.468 e. The molecule has 0 radical (unpaired) electrons. The molecule has 0 aromatic carbocycles. The van der Waals surface area contributed by atoms with Gasteiger partial charge in [-0.15, -0.1) is 0 Å². The second-order valence-corrected chi connectivity index (χ2v) is 4.92. The number of esters is 1. The van der Waals surface area contributed by atoms with Crippen LogP contribution in [-0.4, -0.2) is 61.1 Å². The summed E-state index contributed by atoms with van der Waals surface area (Å²) in [5, 5.41) is 0. The predicted molar refractivity (Wildman–Crippen MR) is 62.3 cm³/mol. The highest BCUT2D eigenvalue weighted by atomic mass is 16.5. The molecule has 4 heteroatoms. The van der Waals surface area contributed by atoms with Crippen LogP contribution >= 0.6 is 0 Å². The number of ether oxygens (including phenoxy) is 1. The number of nitrogens with zero attached hydrogens (tertiary/aromatic N) is 2. The fourth-order valence-electron chi connectivity index (χ4n) is 2.77. The van der Waals surface area contributed by atoms with Gasteiger partial charge < -0.3 is 9.64 Å². The van der Waals surface area contributed by atoms with E-state index in [4.69, 9.17) is 4.74 Å². The van der Waals surface area contributed by atoms with Crippen LogP contribution in [0, 0.1) is 0 Å². The van der Waals surface area contributed by atoms with E-state index in [0.29, 0.717) is 6.04 Å². The average molecular weight is 226 g/mol. The maximum Gasteiger partial charge on any atom is 0.323 e. The summed E-state index contributed by atoms with van der Waals surface area (Å²) < 4.78 is 4.81. The third-order valence-electron chi connectivity index (χ3n) is 3.82. The van der Waals surface area contributed by atoms with Gasteiger partial charge in [0.1, 0.15) is 6.04 Å². The maximum absolute atomic E-state index is 11.5. The zero-order valence-electron chi connectivity index (χ0n) is 10.3. The molecule has 2 fully saturated rings. The highest BCUT2D eigenvalue weighted by molar-refractivity contribution is 5.76. The lowest BCUT2D eigenvalue weighted by Gasteiger charge is -2.44. The molecule has 2 aliphatic rings. The van der Waals surface area contributed by atoms with Crippen LogP contribution in [0.5, 0.6) is 0 Å². The van der Waals surface area contributed by atoms with Gasteiger partial charge in [0, 0.05) is 19.1 Å². The lowest BCUT2D eigenvalue weighted by atomic mass is 10.00. The van der Waals surface area contributed by atoms with E-state index in [-0.39, 0.29) is 12.0 Å². The third kappa shape index (κ3) is 2.38. The van der Waals surface area contributed by atoms with E-state index in [1.54, 1.807) is 0 Å². The predicted octanol–water partition coefficient (Wildman–Crippen LogP) is 0.718. The minimum Gasteiger partial charge on any atom is -0.468 e. The average Bonchev–Trinajstić information content (AvgIpc) is 2.68. The minimum absolute atomic E-state index is 0.0163. The molecular formula is C12H22N2O2. The summed E-state index contributed by atoms with van der Waals surface area (Å²) in [6, 6.07) is 0.485. The smallest absolute Gasteiger partial charge is 0.323 e. The van der Waals surface area contributed by atoms with Gasteiger partial charge in [-0.25, -0.2) is 0 Å². The first-order chi connectivity index (χ1) is 7.72. The van der Waals surface area contributed by atoms with Crippen molar-refractivity contribution in [2.45, 2.75) is 38.3 Å². The van der Waals surface area contributed by atoms with Crippen molar-refractivity contribution in [1.82, 2.24) is 9.80 Å². The lowest BCUT2D eigenvalue weighted by molar-refractivity contribution is -0.153. The number of hydrogen-bond donors (Lipinski definition) is 0. The number of rotatable bonds is 4. The lowest BCUT2D eigenvalue weighted by Crippen LogP contribution is -2.58. The molecule has 2 heterocycles. The molecule has 2 aliphatic heterocycles. The van der Waals surface area contributed by atoms with E-state index in [1.165, 1.54) is 33.0 Å². The second kappa shape index (κ2) is 5.15. The third-order valence-corrected chi connectivity index (χ3v) is 3.82. The Morgan fingerprint density at radius 3 is 2.56 bits per heavy atom. The zero-order valence-corrected chi connectivity index (χ0v) is 10.3. The van der Waals surface area contributed by atoms with E-state index in [9.17, 15) is 4.79 Å². The van der Waals surface area contributed by atoms with Gasteiger partial charge in [0.25, 0.3) is 0 Å². The molecule has 0 N–H and O–H groups in total. The highest BCUT2D eigenvalue weighted by Crippen LogP contribution is 2.22. The summed E-state index contributed by atoms with van der Waals surface area (Å²) in [5.41, 5.74) is 0. The monoisotopic (exact) mass is 226 g/mol. The van der Waals surface area contributed by atoms with Crippen LogP contribution in [0.15, 0.2) is 0 Å². The van der Waals surface area contributed by atoms with Gasteiger partial charge in [-0.1, -0.05) is 0 Å². The van der Waals surface area contributed by atoms with Crippen molar-refractivity contribution >= 4 is 5.97 Å². The van der Waals surface area contributed by atoms with E-state index < -0.39 is 0 Å². The molecule has 2 atom stereocenters. The first kappa shape index (κ1) is 11.9. The fourth-order valence-corrected chi connectivity index (χ4v) is 2.77. The maximum atomic E-state index is 11.5. The molecule has 0 spiro atoms. The zero-order chi connectivity index (χ0) is 11.5.